The zero-order valence-corrected chi connectivity index (χ0v) is 8.57. The largest absolute Gasteiger partial charge is 0.507 e. The Kier molecular flexibility index (Phi) is 3.30. The van der Waals surface area contributed by atoms with E-state index < -0.39 is 38.6 Å². The third-order valence-corrected chi connectivity index (χ3v) is 1.84. The Bertz CT molecular complexity index is 511. The molecule has 0 amide bonds. The van der Waals surface area contributed by atoms with Gasteiger partial charge in [-0.15, -0.1) is 10.2 Å². The molecule has 0 saturated carbocycles. The highest BCUT2D eigenvalue weighted by molar-refractivity contribution is 5.89. The maximum Gasteiger partial charge on any atom is 0.507 e. The summed E-state index contributed by atoms with van der Waals surface area (Å²) in [7, 11) is 0. The van der Waals surface area contributed by atoms with Crippen LogP contribution in [0.15, 0.2) is 15.2 Å². The van der Waals surface area contributed by atoms with Crippen LogP contribution < -0.4 is 5.43 Å². The fraction of sp³-hybridized carbons (Fsp3) is 0.500. The van der Waals surface area contributed by atoms with Crippen molar-refractivity contribution in [2.75, 3.05) is 0 Å². The van der Waals surface area contributed by atoms with Gasteiger partial charge >= 0.3 is 23.8 Å². The number of rotatable bonds is 5. The molecule has 0 aromatic carbocycles. The second kappa shape index (κ2) is 4.55. The number of nitrogens with one attached hydrogen (secondary N) is 1. The lowest BCUT2D eigenvalue weighted by Gasteiger charge is -2.13. The molecule has 1 unspecified atom stereocenters. The molecule has 0 bridgehead atoms. The molecule has 1 heterocycles. The molecule has 19 heavy (non-hydrogen) atoms. The zero-order valence-electron chi connectivity index (χ0n) is 8.57. The van der Waals surface area contributed by atoms with Crippen LogP contribution in [0.2, 0.25) is 0 Å². The van der Waals surface area contributed by atoms with E-state index in [4.69, 9.17) is 5.11 Å². The molecule has 1 rings (SSSR count). The monoisotopic (exact) mass is 277 g/mol. The minimum Gasteiger partial charge on any atom is -0.477 e. The predicted molar refractivity (Wildman–Crippen MR) is 50.6 cm³/mol. The molecular formula is C4H3N7O8. The van der Waals surface area contributed by atoms with Crippen LogP contribution in [-0.4, -0.2) is 43.7 Å². The smallest absolute Gasteiger partial charge is 0.477 e. The van der Waals surface area contributed by atoms with Gasteiger partial charge < -0.3 is 5.11 Å². The molecule has 1 atom stereocenters. The summed E-state index contributed by atoms with van der Waals surface area (Å²) in [6.07, 6.45) is -2.97. The minimum absolute atomic E-state index is 0.999. The maximum atomic E-state index is 10.9. The molecular weight excluding hydrogens is 274 g/mol. The van der Waals surface area contributed by atoms with Crippen LogP contribution in [0.25, 0.3) is 0 Å². The van der Waals surface area contributed by atoms with Crippen LogP contribution in [0, 0.1) is 30.3 Å². The van der Waals surface area contributed by atoms with Crippen molar-refractivity contribution in [2.24, 2.45) is 15.2 Å². The van der Waals surface area contributed by atoms with Gasteiger partial charge in [0.2, 0.25) is 0 Å². The number of nitro groups is 3. The topological polar surface area (TPSA) is 216 Å². The quantitative estimate of drug-likeness (QED) is 0.330. The lowest BCUT2D eigenvalue weighted by atomic mass is 10.1. The number of hydrazine groups is 1. The van der Waals surface area contributed by atoms with Gasteiger partial charge in [-0.2, -0.15) is 4.99 Å². The molecule has 15 heteroatoms. The molecule has 0 saturated heterocycles. The molecule has 2 N–H and O–H groups in total. The number of guanidine groups is 1. The molecule has 0 spiro atoms. The molecule has 1 aliphatic heterocycles. The number of nitrogens with zero attached hydrogens (tertiary/aromatic N) is 6. The van der Waals surface area contributed by atoms with Gasteiger partial charge in [-0.3, -0.25) is 20.2 Å². The summed E-state index contributed by atoms with van der Waals surface area (Å²) >= 11 is 0. The molecule has 1 aliphatic rings. The van der Waals surface area contributed by atoms with E-state index in [-0.39, 0.29) is 0 Å². The fourth-order valence-electron chi connectivity index (χ4n) is 1.14. The first-order chi connectivity index (χ1) is 8.70. The molecule has 0 aliphatic carbocycles. The third-order valence-electron chi connectivity index (χ3n) is 1.84. The van der Waals surface area contributed by atoms with Crippen molar-refractivity contribution in [1.29, 1.82) is 0 Å². The summed E-state index contributed by atoms with van der Waals surface area (Å²) in [4.78, 5) is 42.0. The van der Waals surface area contributed by atoms with E-state index in [0.717, 1.165) is 0 Å². The number of hydrogen-bond acceptors (Lipinski definition) is 10. The van der Waals surface area contributed by atoms with Crippen LogP contribution in [0.3, 0.4) is 0 Å². The Morgan fingerprint density at radius 2 is 1.79 bits per heavy atom. The van der Waals surface area contributed by atoms with Gasteiger partial charge in [-0.25, -0.2) is 14.9 Å². The van der Waals surface area contributed by atoms with Gasteiger partial charge in [-0.1, -0.05) is 5.43 Å². The average Bonchev–Trinajstić information content (AvgIpc) is 2.60. The Balaban J connectivity index is 3.29. The molecule has 0 aromatic rings. The highest BCUT2D eigenvalue weighted by Crippen LogP contribution is 2.26. The molecule has 0 radical (unpaired) electrons. The normalized spacial score (nSPS) is 21.0. The SMILES string of the molecule is O=C(O)C1(C([N+](=O)[O-])[N+](=O)[O-])N=NC(N[N+](=O)[O-])=N1. The van der Waals surface area contributed by atoms with Gasteiger partial charge in [0.25, 0.3) is 0 Å². The van der Waals surface area contributed by atoms with E-state index in [1.807, 2.05) is 0 Å². The van der Waals surface area contributed by atoms with Crippen molar-refractivity contribution in [3.8, 4) is 0 Å². The second-order valence-electron chi connectivity index (χ2n) is 2.98. The molecule has 0 aromatic heterocycles. The van der Waals surface area contributed by atoms with E-state index in [1.54, 1.807) is 0 Å². The van der Waals surface area contributed by atoms with Crippen molar-refractivity contribution < 1.29 is 24.8 Å². The summed E-state index contributed by atoms with van der Waals surface area (Å²) in [5.74, 6) is -3.14. The summed E-state index contributed by atoms with van der Waals surface area (Å²) in [5, 5.41) is 44.5. The molecule has 15 nitrogen and oxygen atoms in total. The first kappa shape index (κ1) is 13.8. The highest BCUT2D eigenvalue weighted by atomic mass is 16.7. The number of carbonyl (C=O) groups is 1. The standard InChI is InChI=1S/C4H3N7O8/c12-2(13)4(1(9(14)15)10(16)17)5-3(6-8-4)7-11(18)19/h1H,(H,5,7)(H,12,13). The lowest BCUT2D eigenvalue weighted by Crippen LogP contribution is -2.53. The summed E-state index contributed by atoms with van der Waals surface area (Å²) in [5.41, 5.74) is -1.90. The van der Waals surface area contributed by atoms with Crippen molar-refractivity contribution in [3.63, 3.8) is 0 Å². The van der Waals surface area contributed by atoms with E-state index in [2.05, 4.69) is 15.2 Å². The van der Waals surface area contributed by atoms with Crippen LogP contribution >= 0.6 is 0 Å². The summed E-state index contributed by atoms with van der Waals surface area (Å²) in [6.45, 7) is 0. The van der Waals surface area contributed by atoms with Crippen molar-refractivity contribution in [1.82, 2.24) is 5.43 Å². The van der Waals surface area contributed by atoms with Crippen molar-refractivity contribution in [2.45, 2.75) is 11.8 Å². The van der Waals surface area contributed by atoms with E-state index in [0.29, 0.717) is 0 Å². The second-order valence-corrected chi connectivity index (χ2v) is 2.98. The van der Waals surface area contributed by atoms with Crippen LogP contribution in [0.4, 0.5) is 0 Å². The van der Waals surface area contributed by atoms with E-state index in [9.17, 15) is 35.1 Å². The summed E-state index contributed by atoms with van der Waals surface area (Å²) < 4.78 is 0. The lowest BCUT2D eigenvalue weighted by molar-refractivity contribution is -0.749. The number of aliphatic carboxylic acids is 1. The number of carboxylic acids is 1. The van der Waals surface area contributed by atoms with Gasteiger partial charge in [0.1, 0.15) is 9.85 Å². The van der Waals surface area contributed by atoms with Gasteiger partial charge in [0, 0.05) is 0 Å². The minimum atomic E-state index is -3.19. The Morgan fingerprint density at radius 1 is 1.26 bits per heavy atom. The zero-order chi connectivity index (χ0) is 14.8. The van der Waals surface area contributed by atoms with Crippen molar-refractivity contribution >= 4 is 11.9 Å². The Hall–Kier alpha value is -3.26. The van der Waals surface area contributed by atoms with Gasteiger partial charge in [0.05, 0.1) is 0 Å². The van der Waals surface area contributed by atoms with E-state index >= 15 is 0 Å². The van der Waals surface area contributed by atoms with Crippen LogP contribution in [0.1, 0.15) is 0 Å². The van der Waals surface area contributed by atoms with Gasteiger partial charge in [0.15, 0.2) is 5.03 Å². The maximum absolute atomic E-state index is 10.9. The Labute approximate surface area is 101 Å². The fourth-order valence-corrected chi connectivity index (χ4v) is 1.14. The predicted octanol–water partition coefficient (Wildman–Crippen LogP) is -1.75. The Morgan fingerprint density at radius 3 is 2.16 bits per heavy atom. The summed E-state index contributed by atoms with van der Waals surface area (Å²) in [6, 6.07) is 0. The molecule has 102 valence electrons. The number of azo groups is 1. The number of carboxylic acid groups (broad SMARTS) is 1. The number of hydrogen-bond donors (Lipinski definition) is 2. The van der Waals surface area contributed by atoms with Crippen molar-refractivity contribution in [3.05, 3.63) is 30.3 Å². The number of aliphatic imine (C=N–C) groups is 1. The van der Waals surface area contributed by atoms with Crippen LogP contribution in [-0.2, 0) is 4.79 Å². The first-order valence-electron chi connectivity index (χ1n) is 4.15. The average molecular weight is 277 g/mol. The molecule has 0 fully saturated rings. The third kappa shape index (κ3) is 2.37. The van der Waals surface area contributed by atoms with E-state index in [1.165, 1.54) is 5.43 Å². The first-order valence-corrected chi connectivity index (χ1v) is 4.15. The highest BCUT2D eigenvalue weighted by Gasteiger charge is 2.66. The van der Waals surface area contributed by atoms with Crippen LogP contribution in [0.5, 0.6) is 0 Å². The van der Waals surface area contributed by atoms with Gasteiger partial charge in [-0.05, 0) is 0 Å².